The highest BCUT2D eigenvalue weighted by atomic mass is 35.5. The van der Waals surface area contributed by atoms with E-state index in [4.69, 9.17) is 11.6 Å². The fourth-order valence-electron chi connectivity index (χ4n) is 3.07. The van der Waals surface area contributed by atoms with Crippen molar-refractivity contribution in [2.75, 3.05) is 7.05 Å². The van der Waals surface area contributed by atoms with E-state index in [2.05, 4.69) is 10.4 Å². The summed E-state index contributed by atoms with van der Waals surface area (Å²) in [5, 5.41) is 2.48. The van der Waals surface area contributed by atoms with Crippen LogP contribution in [-0.4, -0.2) is 35.5 Å². The van der Waals surface area contributed by atoms with Gasteiger partial charge in [0.25, 0.3) is 0 Å². The Morgan fingerprint density at radius 1 is 1.04 bits per heavy atom. The van der Waals surface area contributed by atoms with Crippen LogP contribution in [0.2, 0.25) is 5.02 Å². The summed E-state index contributed by atoms with van der Waals surface area (Å²) in [7, 11) is 1.85. The molecule has 0 aromatic heterocycles. The first-order valence-electron chi connectivity index (χ1n) is 7.56. The maximum Gasteiger partial charge on any atom is 0.338 e. The number of benzene rings is 2. The average molecular weight is 339 g/mol. The van der Waals surface area contributed by atoms with Crippen LogP contribution in [0, 0.1) is 0 Å². The third-order valence-electron chi connectivity index (χ3n) is 4.16. The van der Waals surface area contributed by atoms with Crippen LogP contribution in [0.15, 0.2) is 59.6 Å². The molecular formula is C18H15ClN4O. The third-order valence-corrected chi connectivity index (χ3v) is 4.42. The van der Waals surface area contributed by atoms with Gasteiger partial charge < -0.3 is 0 Å². The number of carbonyl (C=O) groups excluding carboxylic acids is 1. The van der Waals surface area contributed by atoms with Crippen molar-refractivity contribution in [2.45, 2.75) is 6.17 Å². The average Bonchev–Trinajstić information content (AvgIpc) is 2.90. The molecule has 0 spiro atoms. The van der Waals surface area contributed by atoms with E-state index in [1.54, 1.807) is 16.2 Å². The summed E-state index contributed by atoms with van der Waals surface area (Å²) in [5.74, 6) is 0. The highest BCUT2D eigenvalue weighted by molar-refractivity contribution is 6.30. The Balaban J connectivity index is 1.93. The molecule has 0 aliphatic carbocycles. The molecule has 2 amide bonds. The lowest BCUT2D eigenvalue weighted by Gasteiger charge is -2.30. The van der Waals surface area contributed by atoms with Gasteiger partial charge in [-0.25, -0.2) is 9.79 Å². The molecule has 0 radical (unpaired) electrons. The number of amides is 2. The topological polar surface area (TPSA) is 47.9 Å². The lowest BCUT2D eigenvalue weighted by Crippen LogP contribution is -2.40. The smallest absolute Gasteiger partial charge is 0.268 e. The SMILES string of the molecule is CN1NC(=O)N2C=NC(c3ccc(Cl)cc3)=C(c3ccccc3)C12. The fourth-order valence-corrected chi connectivity index (χ4v) is 3.19. The molecule has 1 unspecified atom stereocenters. The van der Waals surface area contributed by atoms with Crippen molar-refractivity contribution in [3.05, 3.63) is 70.7 Å². The molecule has 4 rings (SSSR count). The lowest BCUT2D eigenvalue weighted by molar-refractivity contribution is 0.231. The second-order valence-corrected chi connectivity index (χ2v) is 6.13. The van der Waals surface area contributed by atoms with Crippen LogP contribution >= 0.6 is 11.6 Å². The quantitative estimate of drug-likeness (QED) is 0.911. The van der Waals surface area contributed by atoms with Gasteiger partial charge in [0.05, 0.1) is 5.70 Å². The molecule has 2 aromatic rings. The Kier molecular flexibility index (Phi) is 3.59. The largest absolute Gasteiger partial charge is 0.338 e. The van der Waals surface area contributed by atoms with E-state index >= 15 is 0 Å². The molecule has 2 aromatic carbocycles. The molecule has 0 saturated carbocycles. The summed E-state index contributed by atoms with van der Waals surface area (Å²) in [6.07, 6.45) is 1.34. The molecular weight excluding hydrogens is 324 g/mol. The van der Waals surface area contributed by atoms with Gasteiger partial charge in [0.2, 0.25) is 0 Å². The van der Waals surface area contributed by atoms with E-state index in [0.717, 1.165) is 22.4 Å². The third kappa shape index (κ3) is 2.38. The van der Waals surface area contributed by atoms with Gasteiger partial charge in [0.15, 0.2) is 0 Å². The minimum atomic E-state index is -0.247. The number of hydrogen-bond acceptors (Lipinski definition) is 3. The standard InChI is InChI=1S/C18H15ClN4O/c1-22-17-15(12-5-3-2-4-6-12)16(13-7-9-14(19)10-8-13)20-11-23(17)18(24)21-22/h2-11,17H,1H3,(H,21,24). The van der Waals surface area contributed by atoms with Crippen molar-refractivity contribution in [2.24, 2.45) is 4.99 Å². The summed E-state index contributed by atoms with van der Waals surface area (Å²) in [4.78, 5) is 18.3. The molecule has 24 heavy (non-hydrogen) atoms. The molecule has 1 saturated heterocycles. The summed E-state index contributed by atoms with van der Waals surface area (Å²) in [5.41, 5.74) is 6.61. The Bertz CT molecular complexity index is 845. The first-order valence-corrected chi connectivity index (χ1v) is 7.94. The van der Waals surface area contributed by atoms with E-state index in [9.17, 15) is 4.79 Å². The Labute approximate surface area is 144 Å². The van der Waals surface area contributed by atoms with Gasteiger partial charge in [0, 0.05) is 23.2 Å². The maximum atomic E-state index is 12.1. The van der Waals surface area contributed by atoms with Gasteiger partial charge in [-0.05, 0) is 17.7 Å². The molecule has 6 heteroatoms. The van der Waals surface area contributed by atoms with Crippen LogP contribution in [-0.2, 0) is 0 Å². The number of carbonyl (C=O) groups is 1. The zero-order valence-corrected chi connectivity index (χ0v) is 13.7. The molecule has 1 fully saturated rings. The number of rotatable bonds is 2. The van der Waals surface area contributed by atoms with Crippen LogP contribution in [0.25, 0.3) is 11.3 Å². The van der Waals surface area contributed by atoms with Crippen molar-refractivity contribution >= 4 is 35.2 Å². The van der Waals surface area contributed by atoms with Gasteiger partial charge in [0.1, 0.15) is 12.5 Å². The number of urea groups is 1. The maximum absolute atomic E-state index is 12.1. The first-order chi connectivity index (χ1) is 11.6. The molecule has 1 N–H and O–H groups in total. The highest BCUT2D eigenvalue weighted by Gasteiger charge is 2.41. The van der Waals surface area contributed by atoms with Gasteiger partial charge in [-0.2, -0.15) is 5.01 Å². The summed E-state index contributed by atoms with van der Waals surface area (Å²) in [6, 6.07) is 17.4. The normalized spacial score (nSPS) is 20.3. The van der Waals surface area contributed by atoms with Crippen LogP contribution in [0.1, 0.15) is 11.1 Å². The Morgan fingerprint density at radius 2 is 1.75 bits per heavy atom. The van der Waals surface area contributed by atoms with Crippen LogP contribution in [0.4, 0.5) is 4.79 Å². The molecule has 2 aliphatic heterocycles. The molecule has 2 heterocycles. The summed E-state index contributed by atoms with van der Waals surface area (Å²) in [6.45, 7) is 0. The molecule has 0 bridgehead atoms. The monoisotopic (exact) mass is 338 g/mol. The highest BCUT2D eigenvalue weighted by Crippen LogP contribution is 2.37. The van der Waals surface area contributed by atoms with E-state index < -0.39 is 0 Å². The van der Waals surface area contributed by atoms with Crippen molar-refractivity contribution < 1.29 is 4.79 Å². The molecule has 2 aliphatic rings. The number of nitrogens with zero attached hydrogens (tertiary/aromatic N) is 3. The summed E-state index contributed by atoms with van der Waals surface area (Å²) < 4.78 is 0. The number of halogens is 1. The first kappa shape index (κ1) is 14.9. The predicted octanol–water partition coefficient (Wildman–Crippen LogP) is 3.45. The zero-order valence-electron chi connectivity index (χ0n) is 13.0. The number of nitrogens with one attached hydrogen (secondary N) is 1. The van der Waals surface area contributed by atoms with Crippen molar-refractivity contribution in [3.63, 3.8) is 0 Å². The lowest BCUT2D eigenvalue weighted by atomic mass is 9.95. The Hall–Kier alpha value is -2.63. The number of likely N-dealkylation sites (N-methyl/N-ethyl adjacent to an activating group) is 1. The van der Waals surface area contributed by atoms with Gasteiger partial charge in [-0.3, -0.25) is 10.3 Å². The van der Waals surface area contributed by atoms with Crippen LogP contribution in [0.5, 0.6) is 0 Å². The minimum Gasteiger partial charge on any atom is -0.268 e. The number of fused-ring (bicyclic) bond motifs is 1. The number of hydrogen-bond donors (Lipinski definition) is 1. The van der Waals surface area contributed by atoms with Gasteiger partial charge >= 0.3 is 6.03 Å². The minimum absolute atomic E-state index is 0.185. The van der Waals surface area contributed by atoms with Crippen molar-refractivity contribution in [1.82, 2.24) is 15.3 Å². The van der Waals surface area contributed by atoms with Crippen molar-refractivity contribution in [3.8, 4) is 0 Å². The number of aliphatic imine (C=N–C) groups is 1. The van der Waals surface area contributed by atoms with Gasteiger partial charge in [-0.1, -0.05) is 54.1 Å². The van der Waals surface area contributed by atoms with Crippen molar-refractivity contribution in [1.29, 1.82) is 0 Å². The van der Waals surface area contributed by atoms with Gasteiger partial charge in [-0.15, -0.1) is 0 Å². The zero-order chi connectivity index (χ0) is 16.7. The number of hydrazine groups is 1. The summed E-state index contributed by atoms with van der Waals surface area (Å²) >= 11 is 6.01. The Morgan fingerprint density at radius 3 is 2.46 bits per heavy atom. The van der Waals surface area contributed by atoms with Crippen LogP contribution < -0.4 is 5.43 Å². The van der Waals surface area contributed by atoms with E-state index in [1.165, 1.54) is 0 Å². The van der Waals surface area contributed by atoms with Crippen LogP contribution in [0.3, 0.4) is 0 Å². The molecule has 1 atom stereocenters. The van der Waals surface area contributed by atoms with E-state index in [-0.39, 0.29) is 12.2 Å². The fraction of sp³-hybridized carbons (Fsp3) is 0.111. The predicted molar refractivity (Wildman–Crippen MR) is 95.1 cm³/mol. The molecule has 5 nitrogen and oxygen atoms in total. The second-order valence-electron chi connectivity index (χ2n) is 5.69. The van der Waals surface area contributed by atoms with E-state index in [1.807, 2.05) is 61.6 Å². The van der Waals surface area contributed by atoms with E-state index in [0.29, 0.717) is 5.02 Å². The molecule has 120 valence electrons. The second kappa shape index (κ2) is 5.78.